The molecule has 1 aromatic heterocycles. The molecule has 0 bridgehead atoms. The molecule has 1 saturated heterocycles. The second-order valence-corrected chi connectivity index (χ2v) is 5.45. The molecular formula is C12H16ClN3O3. The molecule has 0 atom stereocenters. The Morgan fingerprint density at radius 3 is 2.84 bits per heavy atom. The van der Waals surface area contributed by atoms with Crippen molar-refractivity contribution in [3.8, 4) is 0 Å². The van der Waals surface area contributed by atoms with Crippen LogP contribution in [0.15, 0.2) is 12.1 Å². The Kier molecular flexibility index (Phi) is 4.21. The monoisotopic (exact) mass is 285 g/mol. The Labute approximate surface area is 116 Å². The molecule has 0 aromatic carbocycles. The van der Waals surface area contributed by atoms with Crippen molar-refractivity contribution in [3.05, 3.63) is 27.4 Å². The number of hydrogen-bond donors (Lipinski definition) is 1. The third-order valence-electron chi connectivity index (χ3n) is 3.39. The number of halogens is 1. The Bertz CT molecular complexity index is 475. The molecule has 1 fully saturated rings. The Morgan fingerprint density at radius 2 is 2.21 bits per heavy atom. The predicted octanol–water partition coefficient (Wildman–Crippen LogP) is 2.87. The highest BCUT2D eigenvalue weighted by molar-refractivity contribution is 6.29. The minimum absolute atomic E-state index is 0.0559. The third-order valence-corrected chi connectivity index (χ3v) is 3.58. The molecule has 6 nitrogen and oxygen atoms in total. The van der Waals surface area contributed by atoms with E-state index in [-0.39, 0.29) is 16.3 Å². The van der Waals surface area contributed by atoms with E-state index in [1.807, 2.05) is 0 Å². The van der Waals surface area contributed by atoms with E-state index in [1.165, 1.54) is 12.1 Å². The van der Waals surface area contributed by atoms with Crippen LogP contribution in [-0.2, 0) is 4.74 Å². The van der Waals surface area contributed by atoms with Gasteiger partial charge in [0.15, 0.2) is 0 Å². The van der Waals surface area contributed by atoms with E-state index in [0.29, 0.717) is 12.4 Å². The number of pyridine rings is 1. The molecule has 19 heavy (non-hydrogen) atoms. The standard InChI is InChI=1S/C12H16ClN3O3/c1-12(2-4-19-5-3-12)8-14-11-7-9(16(17)18)6-10(13)15-11/h6-7H,2-5,8H2,1H3,(H,14,15). The summed E-state index contributed by atoms with van der Waals surface area (Å²) in [6, 6.07) is 2.64. The number of ether oxygens (including phenoxy) is 1. The average molecular weight is 286 g/mol. The van der Waals surface area contributed by atoms with Gasteiger partial charge in [-0.15, -0.1) is 0 Å². The second kappa shape index (κ2) is 5.71. The van der Waals surface area contributed by atoms with Gasteiger partial charge in [0, 0.05) is 19.8 Å². The van der Waals surface area contributed by atoms with Gasteiger partial charge in [0.1, 0.15) is 11.0 Å². The Balaban J connectivity index is 2.04. The number of anilines is 1. The van der Waals surface area contributed by atoms with E-state index in [9.17, 15) is 10.1 Å². The van der Waals surface area contributed by atoms with E-state index >= 15 is 0 Å². The van der Waals surface area contributed by atoms with E-state index in [1.54, 1.807) is 0 Å². The molecule has 0 amide bonds. The number of nitrogens with one attached hydrogen (secondary N) is 1. The largest absolute Gasteiger partial charge is 0.381 e. The molecule has 2 heterocycles. The first-order valence-electron chi connectivity index (χ1n) is 6.12. The summed E-state index contributed by atoms with van der Waals surface area (Å²) in [5, 5.41) is 14.0. The zero-order valence-electron chi connectivity index (χ0n) is 10.7. The van der Waals surface area contributed by atoms with Crippen molar-refractivity contribution in [1.82, 2.24) is 4.98 Å². The summed E-state index contributed by atoms with van der Waals surface area (Å²) in [5.74, 6) is 0.437. The van der Waals surface area contributed by atoms with Crippen molar-refractivity contribution in [2.24, 2.45) is 5.41 Å². The van der Waals surface area contributed by atoms with Crippen molar-refractivity contribution < 1.29 is 9.66 Å². The van der Waals surface area contributed by atoms with Crippen LogP contribution in [-0.4, -0.2) is 29.7 Å². The van der Waals surface area contributed by atoms with Gasteiger partial charge < -0.3 is 10.1 Å². The summed E-state index contributed by atoms with van der Waals surface area (Å²) in [4.78, 5) is 14.3. The summed E-state index contributed by atoms with van der Waals surface area (Å²) < 4.78 is 5.33. The van der Waals surface area contributed by atoms with Crippen LogP contribution < -0.4 is 5.32 Å². The lowest BCUT2D eigenvalue weighted by Crippen LogP contribution is -2.33. The summed E-state index contributed by atoms with van der Waals surface area (Å²) in [6.07, 6.45) is 1.92. The maximum absolute atomic E-state index is 10.7. The minimum atomic E-state index is -0.477. The van der Waals surface area contributed by atoms with Gasteiger partial charge in [0.25, 0.3) is 5.69 Å². The average Bonchev–Trinajstić information content (AvgIpc) is 2.37. The molecule has 0 saturated carbocycles. The van der Waals surface area contributed by atoms with Gasteiger partial charge in [-0.1, -0.05) is 18.5 Å². The quantitative estimate of drug-likeness (QED) is 0.523. The van der Waals surface area contributed by atoms with Gasteiger partial charge in [0.05, 0.1) is 17.1 Å². The van der Waals surface area contributed by atoms with Crippen molar-refractivity contribution in [1.29, 1.82) is 0 Å². The molecule has 1 aliphatic heterocycles. The maximum Gasteiger partial charge on any atom is 0.276 e. The number of rotatable bonds is 4. The second-order valence-electron chi connectivity index (χ2n) is 5.07. The lowest BCUT2D eigenvalue weighted by molar-refractivity contribution is -0.384. The van der Waals surface area contributed by atoms with Crippen LogP contribution in [0.3, 0.4) is 0 Å². The Morgan fingerprint density at radius 1 is 1.53 bits per heavy atom. The van der Waals surface area contributed by atoms with Crippen molar-refractivity contribution in [2.75, 3.05) is 25.1 Å². The molecule has 0 aliphatic carbocycles. The highest BCUT2D eigenvalue weighted by atomic mass is 35.5. The van der Waals surface area contributed by atoms with Crippen LogP contribution in [0.25, 0.3) is 0 Å². The molecular weight excluding hydrogens is 270 g/mol. The number of nitrogens with zero attached hydrogens (tertiary/aromatic N) is 2. The van der Waals surface area contributed by atoms with Crippen LogP contribution in [0.1, 0.15) is 19.8 Å². The maximum atomic E-state index is 10.7. The minimum Gasteiger partial charge on any atom is -0.381 e. The van der Waals surface area contributed by atoms with E-state index in [2.05, 4.69) is 17.2 Å². The van der Waals surface area contributed by atoms with Gasteiger partial charge in [-0.3, -0.25) is 10.1 Å². The fourth-order valence-corrected chi connectivity index (χ4v) is 2.23. The van der Waals surface area contributed by atoms with E-state index in [0.717, 1.165) is 26.1 Å². The van der Waals surface area contributed by atoms with Crippen molar-refractivity contribution in [2.45, 2.75) is 19.8 Å². The summed E-state index contributed by atoms with van der Waals surface area (Å²) >= 11 is 5.77. The van der Waals surface area contributed by atoms with Crippen LogP contribution in [0, 0.1) is 15.5 Å². The highest BCUT2D eigenvalue weighted by Crippen LogP contribution is 2.30. The number of hydrogen-bond acceptors (Lipinski definition) is 5. The molecule has 1 aliphatic rings. The molecule has 1 aromatic rings. The highest BCUT2D eigenvalue weighted by Gasteiger charge is 2.27. The summed E-state index contributed by atoms with van der Waals surface area (Å²) in [5.41, 5.74) is 0.0662. The molecule has 0 radical (unpaired) electrons. The van der Waals surface area contributed by atoms with Gasteiger partial charge >= 0.3 is 0 Å². The van der Waals surface area contributed by atoms with Gasteiger partial charge in [0.2, 0.25) is 0 Å². The lowest BCUT2D eigenvalue weighted by Gasteiger charge is -2.33. The van der Waals surface area contributed by atoms with Gasteiger partial charge in [-0.2, -0.15) is 0 Å². The Hall–Kier alpha value is -1.40. The van der Waals surface area contributed by atoms with Crippen molar-refractivity contribution in [3.63, 3.8) is 0 Å². The van der Waals surface area contributed by atoms with E-state index < -0.39 is 4.92 Å². The van der Waals surface area contributed by atoms with Crippen LogP contribution in [0.5, 0.6) is 0 Å². The normalized spacial score (nSPS) is 18.0. The van der Waals surface area contributed by atoms with Gasteiger partial charge in [-0.05, 0) is 18.3 Å². The predicted molar refractivity (Wildman–Crippen MR) is 72.6 cm³/mol. The summed E-state index contributed by atoms with van der Waals surface area (Å²) in [7, 11) is 0. The summed E-state index contributed by atoms with van der Waals surface area (Å²) in [6.45, 7) is 4.37. The number of aromatic nitrogens is 1. The topological polar surface area (TPSA) is 77.3 Å². The smallest absolute Gasteiger partial charge is 0.276 e. The molecule has 2 rings (SSSR count). The van der Waals surface area contributed by atoms with Crippen LogP contribution in [0.4, 0.5) is 11.5 Å². The van der Waals surface area contributed by atoms with Gasteiger partial charge in [-0.25, -0.2) is 4.98 Å². The molecule has 0 unspecified atom stereocenters. The first-order valence-corrected chi connectivity index (χ1v) is 6.50. The number of nitro groups is 1. The molecule has 104 valence electrons. The zero-order chi connectivity index (χ0) is 13.9. The first kappa shape index (κ1) is 14.0. The van der Waals surface area contributed by atoms with Crippen LogP contribution in [0.2, 0.25) is 5.15 Å². The lowest BCUT2D eigenvalue weighted by atomic mass is 9.82. The molecule has 7 heteroatoms. The fraction of sp³-hybridized carbons (Fsp3) is 0.583. The molecule has 1 N–H and O–H groups in total. The zero-order valence-corrected chi connectivity index (χ0v) is 11.4. The van der Waals surface area contributed by atoms with E-state index in [4.69, 9.17) is 16.3 Å². The van der Waals surface area contributed by atoms with Crippen LogP contribution >= 0.6 is 11.6 Å². The fourth-order valence-electron chi connectivity index (χ4n) is 2.02. The third kappa shape index (κ3) is 3.78. The SMILES string of the molecule is CC1(CNc2cc([N+](=O)[O-])cc(Cl)n2)CCOCC1. The van der Waals surface area contributed by atoms with Crippen molar-refractivity contribution >= 4 is 23.1 Å². The first-order chi connectivity index (χ1) is 8.98. The molecule has 0 spiro atoms.